The normalized spacial score (nSPS) is 14.8. The first-order chi connectivity index (χ1) is 24.6. The minimum atomic E-state index is -0.977. The van der Waals surface area contributed by atoms with Crippen LogP contribution in [0.1, 0.15) is 84.9 Å². The number of halogens is 1. The van der Waals surface area contributed by atoms with Gasteiger partial charge in [0.15, 0.2) is 11.7 Å². The van der Waals surface area contributed by atoms with E-state index in [0.29, 0.717) is 18.4 Å². The molecule has 3 aromatic rings. The molecule has 0 unspecified atom stereocenters. The molecule has 0 spiro atoms. The van der Waals surface area contributed by atoms with Crippen LogP contribution in [0.4, 0.5) is 4.39 Å². The zero-order chi connectivity index (χ0) is 36.6. The minimum absolute atomic E-state index is 0.0375. The van der Waals surface area contributed by atoms with Crippen molar-refractivity contribution in [3.63, 3.8) is 0 Å². The molecule has 1 fully saturated rings. The molecule has 4 amide bonds. The fourth-order valence-electron chi connectivity index (χ4n) is 6.03. The van der Waals surface area contributed by atoms with Gasteiger partial charge in [-0.2, -0.15) is 0 Å². The molecular formula is C36H48FN9O5. The van der Waals surface area contributed by atoms with Gasteiger partial charge in [-0.1, -0.05) is 74.6 Å². The fraction of sp³-hybridized carbons (Fsp3) is 0.444. The van der Waals surface area contributed by atoms with Crippen LogP contribution in [0.25, 0.3) is 0 Å². The second-order valence-corrected chi connectivity index (χ2v) is 12.7. The Balaban J connectivity index is 1.50. The number of aromatic nitrogens is 1. The lowest BCUT2D eigenvalue weighted by Gasteiger charge is -2.28. The van der Waals surface area contributed by atoms with E-state index in [1.807, 2.05) is 30.3 Å². The van der Waals surface area contributed by atoms with Crippen LogP contribution in [0.15, 0.2) is 70.3 Å². The summed E-state index contributed by atoms with van der Waals surface area (Å²) in [5.74, 6) is -2.28. The van der Waals surface area contributed by atoms with Crippen molar-refractivity contribution < 1.29 is 28.0 Å². The molecule has 1 heterocycles. The zero-order valence-corrected chi connectivity index (χ0v) is 28.6. The summed E-state index contributed by atoms with van der Waals surface area (Å²) in [6.45, 7) is 0.251. The highest BCUT2D eigenvalue weighted by atomic mass is 19.1. The minimum Gasteiger partial charge on any atom is -0.446 e. The van der Waals surface area contributed by atoms with Crippen molar-refractivity contribution in [3.8, 4) is 0 Å². The van der Waals surface area contributed by atoms with Crippen molar-refractivity contribution in [2.75, 3.05) is 13.1 Å². The number of nitrogens with zero attached hydrogens (tertiary/aromatic N) is 2. The maximum atomic E-state index is 13.9. The summed E-state index contributed by atoms with van der Waals surface area (Å²) >= 11 is 0. The van der Waals surface area contributed by atoms with E-state index in [2.05, 4.69) is 31.2 Å². The monoisotopic (exact) mass is 705 g/mol. The van der Waals surface area contributed by atoms with Crippen molar-refractivity contribution in [2.24, 2.45) is 28.1 Å². The first-order valence-electron chi connectivity index (χ1n) is 17.3. The van der Waals surface area contributed by atoms with Crippen LogP contribution in [-0.4, -0.2) is 59.7 Å². The van der Waals surface area contributed by atoms with Gasteiger partial charge in [-0.05, 0) is 48.4 Å². The first-order valence-corrected chi connectivity index (χ1v) is 17.3. The number of oxazole rings is 1. The van der Waals surface area contributed by atoms with E-state index in [0.717, 1.165) is 43.9 Å². The van der Waals surface area contributed by atoms with Gasteiger partial charge in [0.05, 0.1) is 6.54 Å². The summed E-state index contributed by atoms with van der Waals surface area (Å²) < 4.78 is 19.1. The Hall–Kier alpha value is -5.31. The van der Waals surface area contributed by atoms with Crippen molar-refractivity contribution in [3.05, 3.63) is 89.4 Å². The molecule has 14 nitrogen and oxygen atoms in total. The van der Waals surface area contributed by atoms with Gasteiger partial charge in [0.1, 0.15) is 30.2 Å². The number of nitrogens with one attached hydrogen (secondary N) is 4. The third-order valence-electron chi connectivity index (χ3n) is 8.73. The number of amides is 4. The second kappa shape index (κ2) is 19.8. The lowest BCUT2D eigenvalue weighted by atomic mass is 9.84. The van der Waals surface area contributed by atoms with Crippen LogP contribution in [0.2, 0.25) is 0 Å². The van der Waals surface area contributed by atoms with Gasteiger partial charge in [-0.3, -0.25) is 24.2 Å². The third kappa shape index (κ3) is 12.8. The summed E-state index contributed by atoms with van der Waals surface area (Å²) in [7, 11) is 0. The number of benzene rings is 2. The Morgan fingerprint density at radius 2 is 1.63 bits per heavy atom. The molecule has 4 rings (SSSR count). The van der Waals surface area contributed by atoms with Crippen LogP contribution in [0.3, 0.4) is 0 Å². The molecule has 2 aromatic carbocycles. The highest BCUT2D eigenvalue weighted by Gasteiger charge is 2.31. The molecule has 0 bridgehead atoms. The molecule has 274 valence electrons. The lowest BCUT2D eigenvalue weighted by Crippen LogP contribution is -2.54. The zero-order valence-electron chi connectivity index (χ0n) is 28.6. The Morgan fingerprint density at radius 3 is 2.31 bits per heavy atom. The number of carbonyl (C=O) groups excluding carboxylic acids is 4. The van der Waals surface area contributed by atoms with E-state index in [9.17, 15) is 23.6 Å². The van der Waals surface area contributed by atoms with Gasteiger partial charge >= 0.3 is 0 Å². The number of rotatable bonds is 18. The Morgan fingerprint density at radius 1 is 0.902 bits per heavy atom. The van der Waals surface area contributed by atoms with Gasteiger partial charge in [0, 0.05) is 19.5 Å². The fourth-order valence-corrected chi connectivity index (χ4v) is 6.03. The standard InChI is InChI=1S/C36H48FN9O5/c37-26-15-13-24(14-16-26)19-29(43-31(47)20-38)35-46-30(22-51-35)34(50)45-28(18-23-8-3-1-4-9-23)33(49)44-27(12-7-17-41-36(39)40)32(48)42-21-25-10-5-2-6-11-25/h2,5-6,10-11,13-16,22-23,27-29H,1,3-4,7-9,12,17-21,38H2,(H,42,48)(H,43,47)(H,44,49)(H,45,50)(H4,39,40,41)/t27-,28-,29-/m0/s1. The number of guanidine groups is 1. The number of nitrogens with two attached hydrogens (primary N) is 3. The molecule has 0 aliphatic heterocycles. The van der Waals surface area contributed by atoms with Crippen LogP contribution >= 0.6 is 0 Å². The maximum Gasteiger partial charge on any atom is 0.273 e. The van der Waals surface area contributed by atoms with Crippen molar-refractivity contribution >= 4 is 29.6 Å². The van der Waals surface area contributed by atoms with E-state index in [4.69, 9.17) is 21.6 Å². The van der Waals surface area contributed by atoms with E-state index in [1.165, 1.54) is 12.1 Å². The third-order valence-corrected chi connectivity index (χ3v) is 8.73. The van der Waals surface area contributed by atoms with Crippen LogP contribution in [0, 0.1) is 11.7 Å². The molecule has 51 heavy (non-hydrogen) atoms. The number of carbonyl (C=O) groups is 4. The topological polar surface area (TPSA) is 233 Å². The maximum absolute atomic E-state index is 13.9. The first kappa shape index (κ1) is 38.5. The summed E-state index contributed by atoms with van der Waals surface area (Å²) in [4.78, 5) is 61.4. The Bertz CT molecular complexity index is 1610. The van der Waals surface area contributed by atoms with Crippen LogP contribution in [-0.2, 0) is 27.3 Å². The summed E-state index contributed by atoms with van der Waals surface area (Å²) in [5.41, 5.74) is 17.9. The summed E-state index contributed by atoms with van der Waals surface area (Å²) in [6, 6.07) is 12.4. The second-order valence-electron chi connectivity index (χ2n) is 12.7. The highest BCUT2D eigenvalue weighted by Crippen LogP contribution is 2.28. The largest absolute Gasteiger partial charge is 0.446 e. The molecule has 1 aliphatic carbocycles. The molecule has 1 aliphatic rings. The molecule has 0 radical (unpaired) electrons. The highest BCUT2D eigenvalue weighted by molar-refractivity contribution is 5.97. The lowest BCUT2D eigenvalue weighted by molar-refractivity contribution is -0.130. The predicted molar refractivity (Wildman–Crippen MR) is 189 cm³/mol. The Labute approximate surface area is 296 Å². The van der Waals surface area contributed by atoms with Crippen molar-refractivity contribution in [1.82, 2.24) is 26.3 Å². The average Bonchev–Trinajstić information content (AvgIpc) is 3.63. The van der Waals surface area contributed by atoms with Gasteiger partial charge in [-0.15, -0.1) is 0 Å². The predicted octanol–water partition coefficient (Wildman–Crippen LogP) is 2.10. The van der Waals surface area contributed by atoms with E-state index in [1.54, 1.807) is 12.1 Å². The van der Waals surface area contributed by atoms with E-state index < -0.39 is 41.7 Å². The molecule has 1 aromatic heterocycles. The summed E-state index contributed by atoms with van der Waals surface area (Å²) in [5, 5.41) is 11.3. The van der Waals surface area contributed by atoms with Crippen molar-refractivity contribution in [1.29, 1.82) is 0 Å². The van der Waals surface area contributed by atoms with Gasteiger partial charge in [-0.25, -0.2) is 9.37 Å². The summed E-state index contributed by atoms with van der Waals surface area (Å²) in [6.07, 6.45) is 7.38. The van der Waals surface area contributed by atoms with Crippen LogP contribution in [0.5, 0.6) is 0 Å². The smallest absolute Gasteiger partial charge is 0.273 e. The Kier molecular flexibility index (Phi) is 14.9. The SMILES string of the molecule is NCC(=O)N[C@@H](Cc1ccc(F)cc1)c1nc(C(=O)N[C@@H](CC2CCCCC2)C(=O)N[C@@H](CCCN=C(N)N)C(=O)NCc2ccccc2)co1. The average molecular weight is 706 g/mol. The molecule has 0 saturated heterocycles. The van der Waals surface area contributed by atoms with E-state index in [-0.39, 0.29) is 61.8 Å². The molecule has 3 atom stereocenters. The molecular weight excluding hydrogens is 657 g/mol. The number of hydrogen-bond donors (Lipinski definition) is 7. The van der Waals surface area contributed by atoms with Gasteiger partial charge in [0.25, 0.3) is 5.91 Å². The van der Waals surface area contributed by atoms with Crippen LogP contribution < -0.4 is 38.5 Å². The number of aliphatic imine (C=N–C) groups is 1. The van der Waals surface area contributed by atoms with Gasteiger partial charge < -0.3 is 42.9 Å². The molecule has 15 heteroatoms. The van der Waals surface area contributed by atoms with Gasteiger partial charge in [0.2, 0.25) is 23.6 Å². The molecule has 10 N–H and O–H groups in total. The number of hydrogen-bond acceptors (Lipinski definition) is 8. The van der Waals surface area contributed by atoms with E-state index >= 15 is 0 Å². The quantitative estimate of drug-likeness (QED) is 0.0583. The van der Waals surface area contributed by atoms with Crippen molar-refractivity contribution in [2.45, 2.75) is 82.5 Å². The molecule has 1 saturated carbocycles.